The summed E-state index contributed by atoms with van der Waals surface area (Å²) in [5, 5.41) is 0. The van der Waals surface area contributed by atoms with Crippen LogP contribution in [0.3, 0.4) is 0 Å². The largest absolute Gasteiger partial charge is 0.458 e. The van der Waals surface area contributed by atoms with Crippen molar-refractivity contribution >= 4 is 5.97 Å². The Labute approximate surface area is 240 Å². The summed E-state index contributed by atoms with van der Waals surface area (Å²) in [4.78, 5) is 11.6. The first kappa shape index (κ1) is 35.5. The van der Waals surface area contributed by atoms with Crippen molar-refractivity contribution in [2.75, 3.05) is 0 Å². The van der Waals surface area contributed by atoms with Gasteiger partial charge in [0.25, 0.3) is 0 Å². The number of rotatable bonds is 31. The van der Waals surface area contributed by atoms with E-state index in [1.165, 1.54) is 186 Å². The minimum Gasteiger partial charge on any atom is -0.458 e. The van der Waals surface area contributed by atoms with Gasteiger partial charge in [-0.3, -0.25) is 4.79 Å². The lowest BCUT2D eigenvalue weighted by atomic mass is 9.83. The second kappa shape index (κ2) is 26.7. The van der Waals surface area contributed by atoms with Gasteiger partial charge in [-0.15, -0.1) is 0 Å². The van der Waals surface area contributed by atoms with Crippen molar-refractivity contribution in [2.24, 2.45) is 0 Å². The fourth-order valence-electron chi connectivity index (χ4n) is 6.36. The maximum Gasteiger partial charge on any atom is 0.310 e. The predicted molar refractivity (Wildman–Crippen MR) is 168 cm³/mol. The molecule has 1 heterocycles. The summed E-state index contributed by atoms with van der Waals surface area (Å²) in [6, 6.07) is 0. The normalized spacial score (nSPS) is 17.1. The number of cyclic esters (lactones) is 1. The molecule has 1 atom stereocenters. The highest BCUT2D eigenvalue weighted by Gasteiger charge is 2.44. The van der Waals surface area contributed by atoms with Crippen molar-refractivity contribution in [3.8, 4) is 0 Å². The standard InChI is InChI=1S/C36H70O2/c1-3-5-7-9-11-13-15-17-19-21-23-25-27-29-31-33-36(34-35(37)38-36)32-30-28-26-24-22-20-18-16-14-12-10-8-6-4-2/h3-34H2,1-2H3. The maximum atomic E-state index is 11.6. The third-order valence-electron chi connectivity index (χ3n) is 9.02. The van der Waals surface area contributed by atoms with Crippen LogP contribution in [0.25, 0.3) is 0 Å². The molecule has 0 spiro atoms. The molecule has 1 saturated heterocycles. The molecule has 2 nitrogen and oxygen atoms in total. The zero-order valence-corrected chi connectivity index (χ0v) is 26.4. The van der Waals surface area contributed by atoms with Crippen LogP contribution in [0, 0.1) is 0 Å². The van der Waals surface area contributed by atoms with Crippen LogP contribution in [0.4, 0.5) is 0 Å². The zero-order valence-electron chi connectivity index (χ0n) is 26.4. The Balaban J connectivity index is 1.86. The quantitative estimate of drug-likeness (QED) is 0.0653. The molecule has 1 unspecified atom stereocenters. The molecule has 0 radical (unpaired) electrons. The van der Waals surface area contributed by atoms with Crippen LogP contribution >= 0.6 is 0 Å². The third kappa shape index (κ3) is 21.3. The van der Waals surface area contributed by atoms with Crippen molar-refractivity contribution in [3.63, 3.8) is 0 Å². The average molecular weight is 535 g/mol. The minimum atomic E-state index is -0.0786. The molecule has 0 bridgehead atoms. The molecule has 1 rings (SSSR count). The van der Waals surface area contributed by atoms with E-state index >= 15 is 0 Å². The van der Waals surface area contributed by atoms with Crippen molar-refractivity contribution in [1.29, 1.82) is 0 Å². The highest BCUT2D eigenvalue weighted by Crippen LogP contribution is 2.38. The summed E-state index contributed by atoms with van der Waals surface area (Å²) < 4.78 is 5.72. The molecular formula is C36H70O2. The van der Waals surface area contributed by atoms with E-state index in [1.54, 1.807) is 0 Å². The van der Waals surface area contributed by atoms with Crippen LogP contribution in [0.2, 0.25) is 0 Å². The summed E-state index contributed by atoms with van der Waals surface area (Å²) in [6.45, 7) is 4.59. The van der Waals surface area contributed by atoms with Gasteiger partial charge in [-0.2, -0.15) is 0 Å². The van der Waals surface area contributed by atoms with E-state index in [4.69, 9.17) is 4.74 Å². The summed E-state index contributed by atoms with van der Waals surface area (Å²) in [5.41, 5.74) is -0.0786. The van der Waals surface area contributed by atoms with Gasteiger partial charge in [0.15, 0.2) is 0 Å². The Bertz CT molecular complexity index is 492. The van der Waals surface area contributed by atoms with Gasteiger partial charge in [0.05, 0.1) is 6.42 Å². The summed E-state index contributed by atoms with van der Waals surface area (Å²) in [6.07, 6.45) is 43.5. The van der Waals surface area contributed by atoms with E-state index in [2.05, 4.69) is 13.8 Å². The van der Waals surface area contributed by atoms with E-state index in [-0.39, 0.29) is 11.6 Å². The monoisotopic (exact) mass is 535 g/mol. The van der Waals surface area contributed by atoms with E-state index in [1.807, 2.05) is 0 Å². The van der Waals surface area contributed by atoms with Gasteiger partial charge in [0, 0.05) is 0 Å². The molecule has 0 aromatic carbocycles. The van der Waals surface area contributed by atoms with Crippen LogP contribution in [-0.4, -0.2) is 11.6 Å². The molecule has 1 aliphatic heterocycles. The molecule has 226 valence electrons. The lowest BCUT2D eigenvalue weighted by molar-refractivity contribution is -0.194. The Hall–Kier alpha value is -0.530. The van der Waals surface area contributed by atoms with Gasteiger partial charge in [-0.1, -0.05) is 187 Å². The van der Waals surface area contributed by atoms with Crippen molar-refractivity contribution in [1.82, 2.24) is 0 Å². The highest BCUT2D eigenvalue weighted by molar-refractivity contribution is 5.76. The molecule has 2 heteroatoms. The van der Waals surface area contributed by atoms with Gasteiger partial charge >= 0.3 is 5.97 Å². The van der Waals surface area contributed by atoms with E-state index in [0.717, 1.165) is 12.8 Å². The van der Waals surface area contributed by atoms with Crippen LogP contribution in [0.5, 0.6) is 0 Å². The van der Waals surface area contributed by atoms with Gasteiger partial charge in [0.2, 0.25) is 0 Å². The SMILES string of the molecule is CCCCCCCCCCCCCCCCCC1(CCCCCCCCCCCCCCCC)CC(=O)O1. The second-order valence-corrected chi connectivity index (χ2v) is 12.9. The minimum absolute atomic E-state index is 0.0383. The Morgan fingerprint density at radius 1 is 0.421 bits per heavy atom. The Morgan fingerprint density at radius 3 is 0.842 bits per heavy atom. The van der Waals surface area contributed by atoms with Gasteiger partial charge in [-0.25, -0.2) is 0 Å². The van der Waals surface area contributed by atoms with Gasteiger partial charge in [-0.05, 0) is 25.7 Å². The molecule has 0 aromatic heterocycles. The fraction of sp³-hybridized carbons (Fsp3) is 0.972. The third-order valence-corrected chi connectivity index (χ3v) is 9.02. The number of unbranched alkanes of at least 4 members (excludes halogenated alkanes) is 27. The Kier molecular flexibility index (Phi) is 24.9. The summed E-state index contributed by atoms with van der Waals surface area (Å²) in [5.74, 6) is 0.0383. The summed E-state index contributed by atoms with van der Waals surface area (Å²) in [7, 11) is 0. The first-order valence-corrected chi connectivity index (χ1v) is 17.9. The van der Waals surface area contributed by atoms with Crippen molar-refractivity contribution in [2.45, 2.75) is 225 Å². The average Bonchev–Trinajstić information content (AvgIpc) is 2.90. The number of carbonyl (C=O) groups excluding carboxylic acids is 1. The molecule has 0 N–H and O–H groups in total. The second-order valence-electron chi connectivity index (χ2n) is 12.9. The fourth-order valence-corrected chi connectivity index (χ4v) is 6.36. The first-order chi connectivity index (χ1) is 18.7. The number of hydrogen-bond acceptors (Lipinski definition) is 2. The lowest BCUT2D eigenvalue weighted by Crippen LogP contribution is -2.47. The maximum absolute atomic E-state index is 11.6. The molecule has 1 aliphatic rings. The van der Waals surface area contributed by atoms with E-state index in [9.17, 15) is 4.79 Å². The molecule has 0 amide bonds. The number of ether oxygens (including phenoxy) is 1. The molecule has 0 aromatic rings. The van der Waals surface area contributed by atoms with Crippen molar-refractivity contribution in [3.05, 3.63) is 0 Å². The van der Waals surface area contributed by atoms with Gasteiger partial charge < -0.3 is 4.74 Å². The van der Waals surface area contributed by atoms with Crippen LogP contribution in [0.15, 0.2) is 0 Å². The molecular weight excluding hydrogens is 464 g/mol. The predicted octanol–water partition coefficient (Wildman–Crippen LogP) is 12.8. The topological polar surface area (TPSA) is 26.3 Å². The molecule has 0 aliphatic carbocycles. The highest BCUT2D eigenvalue weighted by atomic mass is 16.6. The van der Waals surface area contributed by atoms with Gasteiger partial charge in [0.1, 0.15) is 5.60 Å². The van der Waals surface area contributed by atoms with E-state index in [0.29, 0.717) is 6.42 Å². The van der Waals surface area contributed by atoms with Crippen molar-refractivity contribution < 1.29 is 9.53 Å². The number of hydrogen-bond donors (Lipinski definition) is 0. The lowest BCUT2D eigenvalue weighted by Gasteiger charge is -2.41. The molecule has 0 saturated carbocycles. The van der Waals surface area contributed by atoms with Crippen LogP contribution in [-0.2, 0) is 9.53 Å². The number of esters is 1. The van der Waals surface area contributed by atoms with Crippen LogP contribution < -0.4 is 0 Å². The smallest absolute Gasteiger partial charge is 0.310 e. The Morgan fingerprint density at radius 2 is 0.632 bits per heavy atom. The summed E-state index contributed by atoms with van der Waals surface area (Å²) >= 11 is 0. The van der Waals surface area contributed by atoms with Crippen LogP contribution in [0.1, 0.15) is 219 Å². The molecule has 38 heavy (non-hydrogen) atoms. The number of carbonyl (C=O) groups is 1. The molecule has 1 fully saturated rings. The van der Waals surface area contributed by atoms with E-state index < -0.39 is 0 Å². The zero-order chi connectivity index (χ0) is 27.4. The first-order valence-electron chi connectivity index (χ1n) is 17.9.